The van der Waals surface area contributed by atoms with Gasteiger partial charge in [0.2, 0.25) is 0 Å². The SMILES string of the molecule is CCCCCCCCCOc1ccc(NC(=O)OCCN2CCCC2)cc1. The summed E-state index contributed by atoms with van der Waals surface area (Å²) in [5, 5.41) is 2.76. The van der Waals surface area contributed by atoms with Gasteiger partial charge in [0.05, 0.1) is 6.61 Å². The van der Waals surface area contributed by atoms with Gasteiger partial charge in [0, 0.05) is 12.2 Å². The van der Waals surface area contributed by atoms with Crippen molar-refractivity contribution in [2.24, 2.45) is 0 Å². The fraction of sp³-hybridized carbons (Fsp3) is 0.682. The van der Waals surface area contributed by atoms with Crippen molar-refractivity contribution in [3.05, 3.63) is 24.3 Å². The summed E-state index contributed by atoms with van der Waals surface area (Å²) in [5.41, 5.74) is 0.726. The van der Waals surface area contributed by atoms with Gasteiger partial charge in [-0.3, -0.25) is 10.2 Å². The number of nitrogens with one attached hydrogen (secondary N) is 1. The van der Waals surface area contributed by atoms with Crippen LogP contribution in [0.15, 0.2) is 24.3 Å². The van der Waals surface area contributed by atoms with Gasteiger partial charge in [-0.2, -0.15) is 0 Å². The standard InChI is InChI=1S/C22H36N2O3/c1-2-3-4-5-6-7-10-18-26-21-13-11-20(12-14-21)23-22(25)27-19-17-24-15-8-9-16-24/h11-14H,2-10,15-19H2,1H3,(H,23,25). The highest BCUT2D eigenvalue weighted by Crippen LogP contribution is 2.17. The molecular formula is C22H36N2O3. The third-order valence-corrected chi connectivity index (χ3v) is 4.96. The molecule has 0 saturated carbocycles. The van der Waals surface area contributed by atoms with Gasteiger partial charge in [0.25, 0.3) is 0 Å². The van der Waals surface area contributed by atoms with Crippen LogP contribution in [0.2, 0.25) is 0 Å². The van der Waals surface area contributed by atoms with Crippen LogP contribution in [0.1, 0.15) is 64.7 Å². The van der Waals surface area contributed by atoms with Crippen molar-refractivity contribution in [1.29, 1.82) is 0 Å². The summed E-state index contributed by atoms with van der Waals surface area (Å²) in [5.74, 6) is 0.842. The Kier molecular flexibility index (Phi) is 10.7. The van der Waals surface area contributed by atoms with Crippen LogP contribution in [0.25, 0.3) is 0 Å². The lowest BCUT2D eigenvalue weighted by Crippen LogP contribution is -2.26. The van der Waals surface area contributed by atoms with Gasteiger partial charge >= 0.3 is 6.09 Å². The maximum absolute atomic E-state index is 11.8. The molecule has 1 heterocycles. The number of carbonyl (C=O) groups is 1. The van der Waals surface area contributed by atoms with E-state index in [-0.39, 0.29) is 0 Å². The Bertz CT molecular complexity index is 513. The molecule has 1 fully saturated rings. The molecule has 2 rings (SSSR count). The summed E-state index contributed by atoms with van der Waals surface area (Å²) in [6.07, 6.45) is 11.1. The van der Waals surface area contributed by atoms with Gasteiger partial charge in [-0.15, -0.1) is 0 Å². The molecule has 5 nitrogen and oxygen atoms in total. The van der Waals surface area contributed by atoms with Crippen molar-refractivity contribution in [1.82, 2.24) is 4.90 Å². The lowest BCUT2D eigenvalue weighted by Gasteiger charge is -2.14. The number of carbonyl (C=O) groups excluding carboxylic acids is 1. The van der Waals surface area contributed by atoms with Gasteiger partial charge in [-0.05, 0) is 56.6 Å². The molecule has 1 aromatic rings. The topological polar surface area (TPSA) is 50.8 Å². The minimum atomic E-state index is -0.397. The van der Waals surface area contributed by atoms with E-state index in [0.717, 1.165) is 44.1 Å². The molecule has 1 aromatic carbocycles. The number of likely N-dealkylation sites (tertiary alicyclic amines) is 1. The second-order valence-electron chi connectivity index (χ2n) is 7.30. The molecule has 0 spiro atoms. The van der Waals surface area contributed by atoms with E-state index < -0.39 is 6.09 Å². The van der Waals surface area contributed by atoms with Crippen molar-refractivity contribution in [2.75, 3.05) is 38.2 Å². The molecule has 0 aliphatic carbocycles. The van der Waals surface area contributed by atoms with Crippen LogP contribution in [0.5, 0.6) is 5.75 Å². The number of ether oxygens (including phenoxy) is 2. The lowest BCUT2D eigenvalue weighted by molar-refractivity contribution is 0.146. The Morgan fingerprint density at radius 2 is 1.63 bits per heavy atom. The molecule has 1 saturated heterocycles. The average molecular weight is 377 g/mol. The number of hydrogen-bond acceptors (Lipinski definition) is 4. The summed E-state index contributed by atoms with van der Waals surface area (Å²) in [4.78, 5) is 14.2. The predicted molar refractivity (Wildman–Crippen MR) is 111 cm³/mol. The molecule has 0 aromatic heterocycles. The van der Waals surface area contributed by atoms with E-state index in [2.05, 4.69) is 17.1 Å². The lowest BCUT2D eigenvalue weighted by atomic mass is 10.1. The van der Waals surface area contributed by atoms with E-state index in [0.29, 0.717) is 6.61 Å². The Labute approximate surface area is 164 Å². The number of anilines is 1. The predicted octanol–water partition coefficient (Wildman–Crippen LogP) is 5.46. The van der Waals surface area contributed by atoms with Crippen LogP contribution in [-0.4, -0.2) is 43.8 Å². The van der Waals surface area contributed by atoms with Gasteiger partial charge in [0.15, 0.2) is 0 Å². The first kappa shape index (κ1) is 21.5. The molecule has 1 amide bonds. The van der Waals surface area contributed by atoms with Crippen LogP contribution >= 0.6 is 0 Å². The summed E-state index contributed by atoms with van der Waals surface area (Å²) in [7, 11) is 0. The Hall–Kier alpha value is -1.75. The summed E-state index contributed by atoms with van der Waals surface area (Å²) in [6.45, 7) is 6.48. The number of rotatable bonds is 13. The molecule has 1 aliphatic rings. The summed E-state index contributed by atoms with van der Waals surface area (Å²) >= 11 is 0. The highest BCUT2D eigenvalue weighted by atomic mass is 16.5. The minimum absolute atomic E-state index is 0.397. The smallest absolute Gasteiger partial charge is 0.411 e. The first-order chi connectivity index (χ1) is 13.3. The number of benzene rings is 1. The number of unbranched alkanes of at least 4 members (excludes halogenated alkanes) is 6. The Balaban J connectivity index is 1.52. The van der Waals surface area contributed by atoms with Crippen molar-refractivity contribution in [3.8, 4) is 5.75 Å². The van der Waals surface area contributed by atoms with E-state index in [1.807, 2.05) is 24.3 Å². The second kappa shape index (κ2) is 13.4. The Morgan fingerprint density at radius 3 is 2.33 bits per heavy atom. The highest BCUT2D eigenvalue weighted by Gasteiger charge is 2.11. The van der Waals surface area contributed by atoms with E-state index in [1.54, 1.807) is 0 Å². The molecule has 1 aliphatic heterocycles. The zero-order valence-electron chi connectivity index (χ0n) is 16.9. The number of amides is 1. The molecule has 0 unspecified atom stereocenters. The van der Waals surface area contributed by atoms with E-state index >= 15 is 0 Å². The molecule has 27 heavy (non-hydrogen) atoms. The van der Waals surface area contributed by atoms with Gasteiger partial charge in [-0.25, -0.2) is 4.79 Å². The first-order valence-electron chi connectivity index (χ1n) is 10.7. The van der Waals surface area contributed by atoms with Crippen molar-refractivity contribution >= 4 is 11.8 Å². The minimum Gasteiger partial charge on any atom is -0.494 e. The maximum Gasteiger partial charge on any atom is 0.411 e. The van der Waals surface area contributed by atoms with Crippen LogP contribution < -0.4 is 10.1 Å². The largest absolute Gasteiger partial charge is 0.494 e. The molecule has 0 atom stereocenters. The first-order valence-corrected chi connectivity index (χ1v) is 10.7. The third-order valence-electron chi connectivity index (χ3n) is 4.96. The van der Waals surface area contributed by atoms with E-state index in [4.69, 9.17) is 9.47 Å². The van der Waals surface area contributed by atoms with Crippen LogP contribution in [0.4, 0.5) is 10.5 Å². The Morgan fingerprint density at radius 1 is 0.963 bits per heavy atom. The second-order valence-corrected chi connectivity index (χ2v) is 7.30. The molecule has 5 heteroatoms. The summed E-state index contributed by atoms with van der Waals surface area (Å²) < 4.78 is 11.0. The fourth-order valence-electron chi connectivity index (χ4n) is 3.31. The van der Waals surface area contributed by atoms with E-state index in [9.17, 15) is 4.79 Å². The van der Waals surface area contributed by atoms with Gasteiger partial charge < -0.3 is 9.47 Å². The molecule has 0 bridgehead atoms. The highest BCUT2D eigenvalue weighted by molar-refractivity contribution is 5.84. The maximum atomic E-state index is 11.8. The van der Waals surface area contributed by atoms with Crippen molar-refractivity contribution < 1.29 is 14.3 Å². The van der Waals surface area contributed by atoms with E-state index in [1.165, 1.54) is 51.4 Å². The average Bonchev–Trinajstić information content (AvgIpc) is 3.19. The third kappa shape index (κ3) is 9.66. The summed E-state index contributed by atoms with van der Waals surface area (Å²) in [6, 6.07) is 7.48. The van der Waals surface area contributed by atoms with Crippen LogP contribution in [-0.2, 0) is 4.74 Å². The fourth-order valence-corrected chi connectivity index (χ4v) is 3.31. The monoisotopic (exact) mass is 376 g/mol. The number of hydrogen-bond donors (Lipinski definition) is 1. The van der Waals surface area contributed by atoms with Crippen LogP contribution in [0, 0.1) is 0 Å². The zero-order chi connectivity index (χ0) is 19.2. The van der Waals surface area contributed by atoms with Crippen molar-refractivity contribution in [2.45, 2.75) is 64.7 Å². The van der Waals surface area contributed by atoms with Gasteiger partial charge in [-0.1, -0.05) is 45.4 Å². The molecule has 1 N–H and O–H groups in total. The molecule has 0 radical (unpaired) electrons. The normalized spacial score (nSPS) is 14.3. The van der Waals surface area contributed by atoms with Crippen molar-refractivity contribution in [3.63, 3.8) is 0 Å². The zero-order valence-corrected chi connectivity index (χ0v) is 16.9. The van der Waals surface area contributed by atoms with Gasteiger partial charge in [0.1, 0.15) is 12.4 Å². The number of nitrogens with zero attached hydrogens (tertiary/aromatic N) is 1. The van der Waals surface area contributed by atoms with Crippen LogP contribution in [0.3, 0.4) is 0 Å². The molecule has 152 valence electrons. The molecular weight excluding hydrogens is 340 g/mol. The quantitative estimate of drug-likeness (QED) is 0.464.